The van der Waals surface area contributed by atoms with Gasteiger partial charge in [-0.25, -0.2) is 4.79 Å². The first-order valence-electron chi connectivity index (χ1n) is 10.2. The number of thioether (sulfide) groups is 1. The maximum absolute atomic E-state index is 10.7. The number of benzene rings is 2. The van der Waals surface area contributed by atoms with Crippen LogP contribution in [-0.2, 0) is 5.75 Å². The number of phenolic OH excluding ortho intramolecular Hbond substituents is 1. The average molecular weight is 427 g/mol. The average Bonchev–Trinajstić information content (AvgIpc) is 3.13. The SMILES string of the molecule is O=C(O)Oc1ccc2c(CSCCN3CCC(c4cccc(O)c4)CC3)c[nH]c2c1. The van der Waals surface area contributed by atoms with E-state index < -0.39 is 6.16 Å². The number of H-pyrrole nitrogens is 1. The Morgan fingerprint density at radius 3 is 2.80 bits per heavy atom. The molecule has 7 heteroatoms. The summed E-state index contributed by atoms with van der Waals surface area (Å²) in [6, 6.07) is 13.0. The number of aromatic nitrogens is 1. The van der Waals surface area contributed by atoms with Crippen LogP contribution < -0.4 is 4.74 Å². The summed E-state index contributed by atoms with van der Waals surface area (Å²) >= 11 is 1.91. The molecule has 0 bridgehead atoms. The van der Waals surface area contributed by atoms with Gasteiger partial charge in [-0.15, -0.1) is 0 Å². The van der Waals surface area contributed by atoms with Crippen molar-refractivity contribution in [1.29, 1.82) is 0 Å². The Morgan fingerprint density at radius 2 is 2.03 bits per heavy atom. The van der Waals surface area contributed by atoms with Crippen molar-refractivity contribution in [2.75, 3.05) is 25.4 Å². The first-order chi connectivity index (χ1) is 14.6. The lowest BCUT2D eigenvalue weighted by atomic mass is 9.89. The molecule has 3 N–H and O–H groups in total. The Kier molecular flexibility index (Phi) is 6.50. The fourth-order valence-corrected chi connectivity index (χ4v) is 5.08. The predicted octanol–water partition coefficient (Wildman–Crippen LogP) is 5.04. The smallest absolute Gasteiger partial charge is 0.508 e. The van der Waals surface area contributed by atoms with E-state index in [4.69, 9.17) is 9.84 Å². The standard InChI is InChI=1S/C23H26N2O4S/c26-19-3-1-2-17(12-19)16-6-8-25(9-7-16)10-11-30-15-18-14-24-22-13-20(29-23(27)28)4-5-21(18)22/h1-5,12-14,16,24,26H,6-11,15H2,(H,27,28). The first kappa shape index (κ1) is 20.6. The second-order valence-electron chi connectivity index (χ2n) is 7.65. The van der Waals surface area contributed by atoms with Gasteiger partial charge in [-0.3, -0.25) is 0 Å². The van der Waals surface area contributed by atoms with Gasteiger partial charge >= 0.3 is 6.16 Å². The van der Waals surface area contributed by atoms with Crippen molar-refractivity contribution in [3.05, 3.63) is 59.8 Å². The molecule has 158 valence electrons. The van der Waals surface area contributed by atoms with Crippen molar-refractivity contribution < 1.29 is 19.7 Å². The van der Waals surface area contributed by atoms with Crippen molar-refractivity contribution in [2.24, 2.45) is 0 Å². The lowest BCUT2D eigenvalue weighted by Gasteiger charge is -2.32. The summed E-state index contributed by atoms with van der Waals surface area (Å²) in [4.78, 5) is 16.4. The Balaban J connectivity index is 1.22. The van der Waals surface area contributed by atoms with Crippen LogP contribution in [0, 0.1) is 0 Å². The molecule has 0 amide bonds. The summed E-state index contributed by atoms with van der Waals surface area (Å²) in [5.41, 5.74) is 3.36. The highest BCUT2D eigenvalue weighted by molar-refractivity contribution is 7.98. The van der Waals surface area contributed by atoms with E-state index in [1.54, 1.807) is 18.2 Å². The van der Waals surface area contributed by atoms with E-state index in [9.17, 15) is 9.90 Å². The van der Waals surface area contributed by atoms with Gasteiger partial charge in [0.05, 0.1) is 0 Å². The zero-order valence-electron chi connectivity index (χ0n) is 16.7. The molecule has 0 aliphatic carbocycles. The van der Waals surface area contributed by atoms with Crippen LogP contribution in [0.1, 0.15) is 29.9 Å². The summed E-state index contributed by atoms with van der Waals surface area (Å²) in [5.74, 6) is 3.21. The van der Waals surface area contributed by atoms with Crippen LogP contribution >= 0.6 is 11.8 Å². The molecule has 6 nitrogen and oxygen atoms in total. The molecule has 0 saturated carbocycles. The first-order valence-corrected chi connectivity index (χ1v) is 11.3. The molecule has 1 saturated heterocycles. The fraction of sp³-hybridized carbons (Fsp3) is 0.348. The van der Waals surface area contributed by atoms with Crippen LogP contribution in [0.2, 0.25) is 0 Å². The zero-order valence-corrected chi connectivity index (χ0v) is 17.5. The largest absolute Gasteiger partial charge is 0.511 e. The minimum Gasteiger partial charge on any atom is -0.508 e. The highest BCUT2D eigenvalue weighted by atomic mass is 32.2. The van der Waals surface area contributed by atoms with E-state index in [1.165, 1.54) is 11.1 Å². The van der Waals surface area contributed by atoms with Crippen LogP contribution in [-0.4, -0.2) is 51.6 Å². The molecule has 30 heavy (non-hydrogen) atoms. The molecule has 1 aromatic heterocycles. The highest BCUT2D eigenvalue weighted by Crippen LogP contribution is 2.30. The second kappa shape index (κ2) is 9.45. The molecule has 1 fully saturated rings. The maximum Gasteiger partial charge on any atom is 0.511 e. The number of hydrogen-bond acceptors (Lipinski definition) is 5. The van der Waals surface area contributed by atoms with E-state index in [1.807, 2.05) is 36.2 Å². The van der Waals surface area contributed by atoms with Crippen molar-refractivity contribution in [1.82, 2.24) is 9.88 Å². The van der Waals surface area contributed by atoms with Gasteiger partial charge in [0.2, 0.25) is 0 Å². The monoisotopic (exact) mass is 426 g/mol. The lowest BCUT2D eigenvalue weighted by Crippen LogP contribution is -2.34. The van der Waals surface area contributed by atoms with Crippen LogP contribution in [0.15, 0.2) is 48.7 Å². The van der Waals surface area contributed by atoms with E-state index in [2.05, 4.69) is 16.0 Å². The van der Waals surface area contributed by atoms with Crippen LogP contribution in [0.3, 0.4) is 0 Å². The predicted molar refractivity (Wildman–Crippen MR) is 120 cm³/mol. The number of carbonyl (C=O) groups is 1. The molecule has 1 aliphatic heterocycles. The summed E-state index contributed by atoms with van der Waals surface area (Å²) in [6.07, 6.45) is 2.96. The molecule has 3 aromatic rings. The van der Waals surface area contributed by atoms with Gasteiger partial charge in [0.15, 0.2) is 0 Å². The molecule has 1 aliphatic rings. The third-order valence-corrected chi connectivity index (χ3v) is 6.67. The Labute approximate surface area is 179 Å². The molecule has 0 atom stereocenters. The minimum atomic E-state index is -1.30. The number of likely N-dealkylation sites (tertiary alicyclic amines) is 1. The van der Waals surface area contributed by atoms with Crippen molar-refractivity contribution in [3.8, 4) is 11.5 Å². The second-order valence-corrected chi connectivity index (χ2v) is 8.76. The van der Waals surface area contributed by atoms with Crippen LogP contribution in [0.4, 0.5) is 4.79 Å². The number of carboxylic acid groups (broad SMARTS) is 1. The third-order valence-electron chi connectivity index (χ3n) is 5.68. The fourth-order valence-electron chi connectivity index (χ4n) is 4.09. The molecular weight excluding hydrogens is 400 g/mol. The summed E-state index contributed by atoms with van der Waals surface area (Å²) in [6.45, 7) is 3.27. The Morgan fingerprint density at radius 1 is 1.20 bits per heavy atom. The number of fused-ring (bicyclic) bond motifs is 1. The van der Waals surface area contributed by atoms with Gasteiger partial charge in [-0.05, 0) is 67.2 Å². The number of nitrogens with one attached hydrogen (secondary N) is 1. The van der Waals surface area contributed by atoms with Crippen molar-refractivity contribution in [3.63, 3.8) is 0 Å². The lowest BCUT2D eigenvalue weighted by molar-refractivity contribution is 0.144. The molecular formula is C23H26N2O4S. The van der Waals surface area contributed by atoms with Gasteiger partial charge in [0, 0.05) is 41.2 Å². The Hall–Kier alpha value is -2.64. The highest BCUT2D eigenvalue weighted by Gasteiger charge is 2.20. The summed E-state index contributed by atoms with van der Waals surface area (Å²) in [5, 5.41) is 19.5. The van der Waals surface area contributed by atoms with Crippen LogP contribution in [0.5, 0.6) is 11.5 Å². The summed E-state index contributed by atoms with van der Waals surface area (Å²) in [7, 11) is 0. The van der Waals surface area contributed by atoms with Crippen LogP contribution in [0.25, 0.3) is 10.9 Å². The number of piperidine rings is 1. The Bertz CT molecular complexity index is 1010. The van der Waals surface area contributed by atoms with Gasteiger partial charge in [-0.2, -0.15) is 11.8 Å². The number of nitrogens with zero attached hydrogens (tertiary/aromatic N) is 1. The van der Waals surface area contributed by atoms with E-state index in [-0.39, 0.29) is 0 Å². The number of hydrogen-bond donors (Lipinski definition) is 3. The van der Waals surface area contributed by atoms with Gasteiger partial charge in [0.25, 0.3) is 0 Å². The molecule has 2 aromatic carbocycles. The van der Waals surface area contributed by atoms with E-state index in [0.717, 1.165) is 54.9 Å². The van der Waals surface area contributed by atoms with Crippen molar-refractivity contribution >= 4 is 28.8 Å². The summed E-state index contributed by atoms with van der Waals surface area (Å²) < 4.78 is 4.71. The number of phenols is 1. The van der Waals surface area contributed by atoms with Gasteiger partial charge < -0.3 is 24.8 Å². The normalized spacial score (nSPS) is 15.5. The number of aromatic hydroxyl groups is 1. The number of aromatic amines is 1. The molecule has 0 unspecified atom stereocenters. The third kappa shape index (κ3) is 5.09. The minimum absolute atomic E-state index is 0.324. The van der Waals surface area contributed by atoms with E-state index in [0.29, 0.717) is 17.4 Å². The van der Waals surface area contributed by atoms with Crippen molar-refractivity contribution in [2.45, 2.75) is 24.5 Å². The molecule has 2 heterocycles. The van der Waals surface area contributed by atoms with Gasteiger partial charge in [-0.1, -0.05) is 12.1 Å². The van der Waals surface area contributed by atoms with Gasteiger partial charge in [0.1, 0.15) is 11.5 Å². The zero-order chi connectivity index (χ0) is 20.9. The molecule has 4 rings (SSSR count). The number of ether oxygens (including phenoxy) is 1. The quantitative estimate of drug-likeness (QED) is 0.279. The van der Waals surface area contributed by atoms with E-state index >= 15 is 0 Å². The topological polar surface area (TPSA) is 85.8 Å². The number of rotatable bonds is 7. The maximum atomic E-state index is 10.7. The molecule has 0 spiro atoms. The molecule has 0 radical (unpaired) electrons.